The standard InChI is InChI=1S/C17H22N2O4/c1-4-19(5-2)16(22)17(9-10-17)15(21)18-13-8-6-7-12(11-13)14(20)23-3/h6-8,11H,4-5,9-10H2,1-3H3,(H,18,21). The van der Waals surface area contributed by atoms with Crippen molar-refractivity contribution in [3.05, 3.63) is 29.8 Å². The molecule has 1 fully saturated rings. The van der Waals surface area contributed by atoms with Gasteiger partial charge in [0.2, 0.25) is 11.8 Å². The maximum Gasteiger partial charge on any atom is 0.337 e. The Balaban J connectivity index is 2.13. The molecule has 1 N–H and O–H groups in total. The third-order valence-corrected chi connectivity index (χ3v) is 4.19. The molecule has 1 saturated carbocycles. The van der Waals surface area contributed by atoms with Gasteiger partial charge in [0.25, 0.3) is 0 Å². The second-order valence-corrected chi connectivity index (χ2v) is 5.59. The van der Waals surface area contributed by atoms with Crippen LogP contribution in [0.2, 0.25) is 0 Å². The van der Waals surface area contributed by atoms with Gasteiger partial charge in [-0.3, -0.25) is 9.59 Å². The fourth-order valence-corrected chi connectivity index (χ4v) is 2.57. The lowest BCUT2D eigenvalue weighted by molar-refractivity contribution is -0.141. The minimum Gasteiger partial charge on any atom is -0.465 e. The molecule has 0 atom stereocenters. The van der Waals surface area contributed by atoms with E-state index in [1.807, 2.05) is 13.8 Å². The lowest BCUT2D eigenvalue weighted by atomic mass is 10.0. The van der Waals surface area contributed by atoms with Crippen LogP contribution < -0.4 is 5.32 Å². The first kappa shape index (κ1) is 17.0. The highest BCUT2D eigenvalue weighted by atomic mass is 16.5. The number of carbonyl (C=O) groups excluding carboxylic acids is 3. The molecule has 1 aromatic rings. The maximum atomic E-state index is 12.6. The van der Waals surface area contributed by atoms with E-state index in [4.69, 9.17) is 0 Å². The van der Waals surface area contributed by atoms with Crippen LogP contribution >= 0.6 is 0 Å². The molecule has 0 heterocycles. The van der Waals surface area contributed by atoms with Crippen LogP contribution in [0.15, 0.2) is 24.3 Å². The van der Waals surface area contributed by atoms with Gasteiger partial charge in [0.1, 0.15) is 5.41 Å². The third kappa shape index (κ3) is 3.36. The van der Waals surface area contributed by atoms with Crippen molar-refractivity contribution >= 4 is 23.5 Å². The quantitative estimate of drug-likeness (QED) is 0.643. The predicted octanol–water partition coefficient (Wildman–Crippen LogP) is 2.06. The first-order chi connectivity index (χ1) is 11.0. The van der Waals surface area contributed by atoms with Crippen molar-refractivity contribution < 1.29 is 19.1 Å². The van der Waals surface area contributed by atoms with Gasteiger partial charge in [-0.1, -0.05) is 6.07 Å². The van der Waals surface area contributed by atoms with Crippen LogP contribution in [0.25, 0.3) is 0 Å². The number of benzene rings is 1. The number of amides is 2. The average Bonchev–Trinajstić information content (AvgIpc) is 3.37. The molecule has 0 spiro atoms. The zero-order valence-corrected chi connectivity index (χ0v) is 13.7. The minimum absolute atomic E-state index is 0.121. The molecule has 1 aliphatic carbocycles. The van der Waals surface area contributed by atoms with Crippen molar-refractivity contribution in [1.29, 1.82) is 0 Å². The zero-order valence-electron chi connectivity index (χ0n) is 13.7. The van der Waals surface area contributed by atoms with Crippen molar-refractivity contribution in [2.45, 2.75) is 26.7 Å². The molecule has 1 aliphatic rings. The molecule has 0 aliphatic heterocycles. The fraction of sp³-hybridized carbons (Fsp3) is 0.471. The van der Waals surface area contributed by atoms with Crippen LogP contribution in [0.5, 0.6) is 0 Å². The smallest absolute Gasteiger partial charge is 0.337 e. The molecule has 2 rings (SSSR count). The predicted molar refractivity (Wildman–Crippen MR) is 86.0 cm³/mol. The van der Waals surface area contributed by atoms with E-state index in [1.165, 1.54) is 7.11 Å². The van der Waals surface area contributed by atoms with E-state index in [-0.39, 0.29) is 11.8 Å². The van der Waals surface area contributed by atoms with Gasteiger partial charge in [-0.2, -0.15) is 0 Å². The molecule has 1 aromatic carbocycles. The van der Waals surface area contributed by atoms with Crippen LogP contribution in [0, 0.1) is 5.41 Å². The van der Waals surface area contributed by atoms with Gasteiger partial charge in [-0.25, -0.2) is 4.79 Å². The van der Waals surface area contributed by atoms with Gasteiger partial charge in [-0.05, 0) is 44.9 Å². The Morgan fingerprint density at radius 3 is 2.39 bits per heavy atom. The average molecular weight is 318 g/mol. The van der Waals surface area contributed by atoms with Crippen LogP contribution in [-0.4, -0.2) is 42.9 Å². The SMILES string of the molecule is CCN(CC)C(=O)C1(C(=O)Nc2cccc(C(=O)OC)c2)CC1. The lowest BCUT2D eigenvalue weighted by Gasteiger charge is -2.24. The fourth-order valence-electron chi connectivity index (χ4n) is 2.57. The zero-order chi connectivity index (χ0) is 17.0. The summed E-state index contributed by atoms with van der Waals surface area (Å²) in [5, 5.41) is 2.75. The number of hydrogen-bond donors (Lipinski definition) is 1. The molecular formula is C17H22N2O4. The topological polar surface area (TPSA) is 75.7 Å². The Morgan fingerprint density at radius 1 is 1.22 bits per heavy atom. The summed E-state index contributed by atoms with van der Waals surface area (Å²) in [7, 11) is 1.30. The lowest BCUT2D eigenvalue weighted by Crippen LogP contribution is -2.42. The van der Waals surface area contributed by atoms with Crippen LogP contribution in [0.1, 0.15) is 37.0 Å². The summed E-state index contributed by atoms with van der Waals surface area (Å²) in [6, 6.07) is 6.49. The summed E-state index contributed by atoms with van der Waals surface area (Å²) in [6.45, 7) is 4.97. The Kier molecular flexibility index (Phi) is 5.03. The summed E-state index contributed by atoms with van der Waals surface area (Å²) in [5.74, 6) is -0.901. The van der Waals surface area contributed by atoms with E-state index >= 15 is 0 Å². The molecule has 6 nitrogen and oxygen atoms in total. The minimum atomic E-state index is -0.951. The molecular weight excluding hydrogens is 296 g/mol. The normalized spacial score (nSPS) is 14.7. The largest absolute Gasteiger partial charge is 0.465 e. The summed E-state index contributed by atoms with van der Waals surface area (Å²) >= 11 is 0. The van der Waals surface area contributed by atoms with Gasteiger partial charge in [0, 0.05) is 18.8 Å². The van der Waals surface area contributed by atoms with Crippen molar-refractivity contribution in [2.24, 2.45) is 5.41 Å². The first-order valence-corrected chi connectivity index (χ1v) is 7.77. The molecule has 0 aromatic heterocycles. The highest BCUT2D eigenvalue weighted by Gasteiger charge is 2.57. The summed E-state index contributed by atoms with van der Waals surface area (Å²) in [6.07, 6.45) is 1.12. The molecule has 0 radical (unpaired) electrons. The Labute approximate surface area is 135 Å². The monoisotopic (exact) mass is 318 g/mol. The van der Waals surface area contributed by atoms with Crippen molar-refractivity contribution in [2.75, 3.05) is 25.5 Å². The highest BCUT2D eigenvalue weighted by Crippen LogP contribution is 2.48. The van der Waals surface area contributed by atoms with Crippen LogP contribution in [0.4, 0.5) is 5.69 Å². The van der Waals surface area contributed by atoms with E-state index in [0.29, 0.717) is 37.2 Å². The Hall–Kier alpha value is -2.37. The van der Waals surface area contributed by atoms with Gasteiger partial charge in [-0.15, -0.1) is 0 Å². The Bertz CT molecular complexity index is 619. The maximum absolute atomic E-state index is 12.6. The number of esters is 1. The van der Waals surface area contributed by atoms with Crippen LogP contribution in [0.3, 0.4) is 0 Å². The molecule has 23 heavy (non-hydrogen) atoms. The number of methoxy groups -OCH3 is 1. The Morgan fingerprint density at radius 2 is 1.87 bits per heavy atom. The van der Waals surface area contributed by atoms with Crippen molar-refractivity contribution in [3.63, 3.8) is 0 Å². The van der Waals surface area contributed by atoms with Gasteiger partial charge in [0.15, 0.2) is 0 Å². The van der Waals surface area contributed by atoms with Crippen molar-refractivity contribution in [1.82, 2.24) is 4.90 Å². The van der Waals surface area contributed by atoms with Gasteiger partial charge < -0.3 is 15.0 Å². The molecule has 0 bridgehead atoms. The first-order valence-electron chi connectivity index (χ1n) is 7.77. The van der Waals surface area contributed by atoms with E-state index in [1.54, 1.807) is 29.2 Å². The summed E-state index contributed by atoms with van der Waals surface area (Å²) < 4.78 is 4.66. The van der Waals surface area contributed by atoms with E-state index < -0.39 is 11.4 Å². The molecule has 6 heteroatoms. The number of ether oxygens (including phenoxy) is 1. The molecule has 2 amide bonds. The second-order valence-electron chi connectivity index (χ2n) is 5.59. The number of carbonyl (C=O) groups is 3. The number of hydrogen-bond acceptors (Lipinski definition) is 4. The summed E-state index contributed by atoms with van der Waals surface area (Å²) in [5.41, 5.74) is -0.116. The van der Waals surface area contributed by atoms with Crippen LogP contribution in [-0.2, 0) is 14.3 Å². The van der Waals surface area contributed by atoms with E-state index in [0.717, 1.165) is 0 Å². The van der Waals surface area contributed by atoms with E-state index in [9.17, 15) is 14.4 Å². The number of anilines is 1. The van der Waals surface area contributed by atoms with Crippen molar-refractivity contribution in [3.8, 4) is 0 Å². The second kappa shape index (κ2) is 6.81. The van der Waals surface area contributed by atoms with Gasteiger partial charge >= 0.3 is 5.97 Å². The summed E-state index contributed by atoms with van der Waals surface area (Å²) in [4.78, 5) is 38.3. The number of nitrogens with one attached hydrogen (secondary N) is 1. The number of nitrogens with zero attached hydrogens (tertiary/aromatic N) is 1. The highest BCUT2D eigenvalue weighted by molar-refractivity contribution is 6.13. The van der Waals surface area contributed by atoms with E-state index in [2.05, 4.69) is 10.1 Å². The third-order valence-electron chi connectivity index (χ3n) is 4.19. The molecule has 0 saturated heterocycles. The van der Waals surface area contributed by atoms with Gasteiger partial charge in [0.05, 0.1) is 12.7 Å². The molecule has 124 valence electrons. The molecule has 0 unspecified atom stereocenters. The number of rotatable bonds is 6.